The minimum Gasteiger partial charge on any atom is -0.380 e. The summed E-state index contributed by atoms with van der Waals surface area (Å²) in [6.07, 6.45) is 2.46. The lowest BCUT2D eigenvalue weighted by molar-refractivity contribution is -0.121. The molecule has 1 unspecified atom stereocenters. The van der Waals surface area contributed by atoms with Crippen molar-refractivity contribution in [1.82, 2.24) is 5.32 Å². The maximum Gasteiger partial charge on any atom is 0.247 e. The molecule has 1 aromatic rings. The molecule has 1 rings (SSSR count). The van der Waals surface area contributed by atoms with Crippen molar-refractivity contribution in [2.24, 2.45) is 5.92 Å². The number of nitrogens with one attached hydrogen (secondary N) is 2. The normalized spacial score (nSPS) is 11.8. The maximum absolute atomic E-state index is 12.0. The molecule has 1 atom stereocenters. The molecule has 0 aromatic heterocycles. The van der Waals surface area contributed by atoms with Gasteiger partial charge in [-0.05, 0) is 36.1 Å². The second-order valence-electron chi connectivity index (χ2n) is 5.86. The lowest BCUT2D eigenvalue weighted by atomic mass is 10.1. The molecular formula is C18H26N2O3. The molecule has 0 spiro atoms. The predicted molar refractivity (Wildman–Crippen MR) is 92.2 cm³/mol. The van der Waals surface area contributed by atoms with Crippen molar-refractivity contribution in [1.29, 1.82) is 0 Å². The summed E-state index contributed by atoms with van der Waals surface area (Å²) in [4.78, 5) is 23.2. The molecular weight excluding hydrogens is 292 g/mol. The van der Waals surface area contributed by atoms with E-state index in [1.54, 1.807) is 19.2 Å². The number of rotatable bonds is 9. The highest BCUT2D eigenvalue weighted by molar-refractivity contribution is 5.98. The van der Waals surface area contributed by atoms with Crippen LogP contribution in [0, 0.1) is 5.92 Å². The fourth-order valence-electron chi connectivity index (χ4n) is 2.16. The number of carbonyl (C=O) groups excluding carboxylic acids is 2. The van der Waals surface area contributed by atoms with Crippen LogP contribution in [0.15, 0.2) is 36.9 Å². The monoisotopic (exact) mass is 318 g/mol. The molecule has 2 amide bonds. The molecule has 0 saturated carbocycles. The van der Waals surface area contributed by atoms with Gasteiger partial charge in [-0.25, -0.2) is 0 Å². The first-order valence-electron chi connectivity index (χ1n) is 7.76. The molecule has 0 fully saturated rings. The Morgan fingerprint density at radius 3 is 2.43 bits per heavy atom. The molecule has 0 saturated heterocycles. The largest absolute Gasteiger partial charge is 0.380 e. The van der Waals surface area contributed by atoms with Crippen LogP contribution in [0.3, 0.4) is 0 Å². The molecule has 0 aliphatic carbocycles. The van der Waals surface area contributed by atoms with E-state index in [0.717, 1.165) is 12.0 Å². The van der Waals surface area contributed by atoms with Crippen LogP contribution in [0.25, 0.3) is 0 Å². The first-order chi connectivity index (χ1) is 10.9. The molecule has 1 aromatic carbocycles. The number of hydrogen-bond acceptors (Lipinski definition) is 3. The van der Waals surface area contributed by atoms with Gasteiger partial charge in [0.2, 0.25) is 11.8 Å². The Balaban J connectivity index is 2.44. The molecule has 5 nitrogen and oxygen atoms in total. The van der Waals surface area contributed by atoms with Crippen LogP contribution in [0.5, 0.6) is 0 Å². The summed E-state index contributed by atoms with van der Waals surface area (Å²) >= 11 is 0. The third-order valence-electron chi connectivity index (χ3n) is 3.37. The van der Waals surface area contributed by atoms with Gasteiger partial charge >= 0.3 is 0 Å². The fraction of sp³-hybridized carbons (Fsp3) is 0.444. The van der Waals surface area contributed by atoms with Gasteiger partial charge in [-0.3, -0.25) is 9.59 Å². The number of hydrogen-bond donors (Lipinski definition) is 2. The van der Waals surface area contributed by atoms with E-state index in [9.17, 15) is 9.59 Å². The van der Waals surface area contributed by atoms with E-state index in [4.69, 9.17) is 4.74 Å². The highest BCUT2D eigenvalue weighted by atomic mass is 16.5. The van der Waals surface area contributed by atoms with Crippen molar-refractivity contribution >= 4 is 17.5 Å². The smallest absolute Gasteiger partial charge is 0.247 e. The van der Waals surface area contributed by atoms with Crippen molar-refractivity contribution in [3.63, 3.8) is 0 Å². The van der Waals surface area contributed by atoms with Gasteiger partial charge in [0, 0.05) is 19.3 Å². The predicted octanol–water partition coefficient (Wildman–Crippen LogP) is 2.53. The van der Waals surface area contributed by atoms with E-state index in [-0.39, 0.29) is 17.9 Å². The van der Waals surface area contributed by atoms with E-state index < -0.39 is 0 Å². The third-order valence-corrected chi connectivity index (χ3v) is 3.37. The zero-order valence-corrected chi connectivity index (χ0v) is 14.1. The fourth-order valence-corrected chi connectivity index (χ4v) is 2.16. The summed E-state index contributed by atoms with van der Waals surface area (Å²) in [7, 11) is 1.66. The van der Waals surface area contributed by atoms with E-state index in [2.05, 4.69) is 31.1 Å². The summed E-state index contributed by atoms with van der Waals surface area (Å²) < 4.78 is 5.36. The van der Waals surface area contributed by atoms with Crippen molar-refractivity contribution in [2.45, 2.75) is 32.8 Å². The van der Waals surface area contributed by atoms with Crippen LogP contribution in [0.4, 0.5) is 5.69 Å². The van der Waals surface area contributed by atoms with E-state index in [1.165, 1.54) is 6.08 Å². The van der Waals surface area contributed by atoms with Crippen molar-refractivity contribution in [3.05, 3.63) is 42.5 Å². The maximum atomic E-state index is 12.0. The minimum absolute atomic E-state index is 0.0374. The van der Waals surface area contributed by atoms with Crippen LogP contribution in [-0.2, 0) is 20.7 Å². The van der Waals surface area contributed by atoms with Gasteiger partial charge in [0.05, 0.1) is 12.5 Å². The molecule has 2 N–H and O–H groups in total. The van der Waals surface area contributed by atoms with Crippen LogP contribution in [0.1, 0.15) is 25.8 Å². The Hall–Kier alpha value is -2.14. The van der Waals surface area contributed by atoms with Gasteiger partial charge in [0.15, 0.2) is 0 Å². The second-order valence-corrected chi connectivity index (χ2v) is 5.86. The first-order valence-corrected chi connectivity index (χ1v) is 7.76. The molecule has 5 heteroatoms. The third kappa shape index (κ3) is 7.61. The summed E-state index contributed by atoms with van der Waals surface area (Å²) in [5.74, 6) is 0.222. The highest BCUT2D eigenvalue weighted by Crippen LogP contribution is 2.10. The summed E-state index contributed by atoms with van der Waals surface area (Å²) in [6, 6.07) is 7.17. The lowest BCUT2D eigenvalue weighted by Crippen LogP contribution is -2.34. The first kappa shape index (κ1) is 18.9. The zero-order valence-electron chi connectivity index (χ0n) is 14.1. The van der Waals surface area contributed by atoms with Gasteiger partial charge in [-0.15, -0.1) is 0 Å². The SMILES string of the molecule is C=CC(=O)Nc1ccc(CC(=O)NCC(CC(C)C)OC)cc1. The Kier molecular flexibility index (Phi) is 8.05. The zero-order chi connectivity index (χ0) is 17.2. The molecule has 126 valence electrons. The number of benzene rings is 1. The number of ether oxygens (including phenoxy) is 1. The van der Waals surface area contributed by atoms with Crippen LogP contribution in [0.2, 0.25) is 0 Å². The summed E-state index contributed by atoms with van der Waals surface area (Å²) in [5.41, 5.74) is 1.56. The number of amides is 2. The van der Waals surface area contributed by atoms with Gasteiger partial charge < -0.3 is 15.4 Å². The minimum atomic E-state index is -0.258. The van der Waals surface area contributed by atoms with Gasteiger partial charge in [0.1, 0.15) is 0 Å². The van der Waals surface area contributed by atoms with Crippen molar-refractivity contribution < 1.29 is 14.3 Å². The Morgan fingerprint density at radius 2 is 1.91 bits per heavy atom. The highest BCUT2D eigenvalue weighted by Gasteiger charge is 2.11. The van der Waals surface area contributed by atoms with Crippen molar-refractivity contribution in [3.8, 4) is 0 Å². The second kappa shape index (κ2) is 9.79. The average Bonchev–Trinajstić information content (AvgIpc) is 2.52. The number of anilines is 1. The van der Waals surface area contributed by atoms with E-state index in [0.29, 0.717) is 24.6 Å². The van der Waals surface area contributed by atoms with Crippen LogP contribution < -0.4 is 10.6 Å². The average molecular weight is 318 g/mol. The Morgan fingerprint density at radius 1 is 1.26 bits per heavy atom. The quantitative estimate of drug-likeness (QED) is 0.688. The topological polar surface area (TPSA) is 67.4 Å². The molecule has 0 aliphatic heterocycles. The molecule has 23 heavy (non-hydrogen) atoms. The standard InChI is InChI=1S/C18H26N2O3/c1-5-17(21)20-15-8-6-14(7-9-15)11-18(22)19-12-16(23-4)10-13(2)3/h5-9,13,16H,1,10-12H2,2-4H3,(H,19,22)(H,20,21). The Labute approximate surface area is 138 Å². The molecule has 0 bridgehead atoms. The lowest BCUT2D eigenvalue weighted by Gasteiger charge is -2.18. The van der Waals surface area contributed by atoms with Gasteiger partial charge in [-0.1, -0.05) is 32.6 Å². The molecule has 0 heterocycles. The molecule has 0 aliphatic rings. The van der Waals surface area contributed by atoms with Gasteiger partial charge in [-0.2, -0.15) is 0 Å². The van der Waals surface area contributed by atoms with Crippen LogP contribution >= 0.6 is 0 Å². The number of carbonyl (C=O) groups is 2. The Bertz CT molecular complexity index is 524. The summed E-state index contributed by atoms with van der Waals surface area (Å²) in [5, 5.41) is 5.56. The van der Waals surface area contributed by atoms with E-state index >= 15 is 0 Å². The summed E-state index contributed by atoms with van der Waals surface area (Å²) in [6.45, 7) is 8.16. The molecule has 0 radical (unpaired) electrons. The van der Waals surface area contributed by atoms with Gasteiger partial charge in [0.25, 0.3) is 0 Å². The van der Waals surface area contributed by atoms with Crippen molar-refractivity contribution in [2.75, 3.05) is 19.0 Å². The van der Waals surface area contributed by atoms with E-state index in [1.807, 2.05) is 12.1 Å². The number of methoxy groups -OCH3 is 1. The van der Waals surface area contributed by atoms with Crippen LogP contribution in [-0.4, -0.2) is 31.6 Å².